The van der Waals surface area contributed by atoms with Crippen LogP contribution in [0, 0.1) is 0 Å². The summed E-state index contributed by atoms with van der Waals surface area (Å²) in [6, 6.07) is 10.1. The molecular formula is C25H26BrNO6. The molecule has 0 radical (unpaired) electrons. The summed E-state index contributed by atoms with van der Waals surface area (Å²) in [7, 11) is 1.57. The second kappa shape index (κ2) is 9.97. The molecule has 0 saturated heterocycles. The van der Waals surface area contributed by atoms with Crippen molar-refractivity contribution in [2.24, 2.45) is 0 Å². The number of fused-ring (bicyclic) bond motifs is 2. The Morgan fingerprint density at radius 1 is 1.03 bits per heavy atom. The number of amides is 1. The van der Waals surface area contributed by atoms with Gasteiger partial charge in [-0.2, -0.15) is 0 Å². The van der Waals surface area contributed by atoms with E-state index in [9.17, 15) is 9.59 Å². The van der Waals surface area contributed by atoms with Crippen molar-refractivity contribution in [3.05, 3.63) is 68.0 Å². The third-order valence-electron chi connectivity index (χ3n) is 5.51. The number of rotatable bonds is 9. The highest BCUT2D eigenvalue weighted by Gasteiger charge is 2.42. The predicted molar refractivity (Wildman–Crippen MR) is 128 cm³/mol. The number of carbonyl (C=O) groups excluding carboxylic acids is 1. The van der Waals surface area contributed by atoms with Crippen LogP contribution in [-0.2, 0) is 4.74 Å². The van der Waals surface area contributed by atoms with E-state index in [2.05, 4.69) is 15.9 Å². The summed E-state index contributed by atoms with van der Waals surface area (Å²) in [4.78, 5) is 28.5. The van der Waals surface area contributed by atoms with Gasteiger partial charge in [-0.05, 0) is 49.2 Å². The number of hydrogen-bond acceptors (Lipinski definition) is 6. The monoisotopic (exact) mass is 515 g/mol. The zero-order chi connectivity index (χ0) is 23.5. The molecule has 1 amide bonds. The molecule has 1 aromatic heterocycles. The molecule has 33 heavy (non-hydrogen) atoms. The summed E-state index contributed by atoms with van der Waals surface area (Å²) >= 11 is 3.42. The SMILES string of the molecule is CCCOc1ccc(C2c3c(oc4ccc(Br)cc4c3=O)C(=O)N2CCOC)cc1OCC. The van der Waals surface area contributed by atoms with Gasteiger partial charge in [0.05, 0.1) is 36.8 Å². The highest BCUT2D eigenvalue weighted by atomic mass is 79.9. The van der Waals surface area contributed by atoms with Gasteiger partial charge in [0, 0.05) is 18.1 Å². The highest BCUT2D eigenvalue weighted by molar-refractivity contribution is 9.10. The fourth-order valence-electron chi connectivity index (χ4n) is 4.05. The lowest BCUT2D eigenvalue weighted by molar-refractivity contribution is 0.0663. The first-order valence-corrected chi connectivity index (χ1v) is 11.7. The molecule has 0 aliphatic carbocycles. The second-order valence-electron chi connectivity index (χ2n) is 7.70. The van der Waals surface area contributed by atoms with Gasteiger partial charge < -0.3 is 23.5 Å². The van der Waals surface area contributed by atoms with Crippen LogP contribution in [0.25, 0.3) is 11.0 Å². The molecule has 3 aromatic rings. The van der Waals surface area contributed by atoms with Crippen molar-refractivity contribution < 1.29 is 23.4 Å². The molecule has 0 bridgehead atoms. The van der Waals surface area contributed by atoms with Crippen LogP contribution >= 0.6 is 15.9 Å². The highest BCUT2D eigenvalue weighted by Crippen LogP contribution is 2.41. The van der Waals surface area contributed by atoms with E-state index in [-0.39, 0.29) is 17.1 Å². The van der Waals surface area contributed by atoms with Crippen LogP contribution in [0.2, 0.25) is 0 Å². The number of benzene rings is 2. The first kappa shape index (κ1) is 23.3. The van der Waals surface area contributed by atoms with Gasteiger partial charge in [0.15, 0.2) is 16.9 Å². The van der Waals surface area contributed by atoms with Gasteiger partial charge in [-0.25, -0.2) is 0 Å². The lowest BCUT2D eigenvalue weighted by Crippen LogP contribution is -2.32. The summed E-state index contributed by atoms with van der Waals surface area (Å²) in [6.07, 6.45) is 0.867. The Morgan fingerprint density at radius 2 is 1.85 bits per heavy atom. The van der Waals surface area contributed by atoms with E-state index in [4.69, 9.17) is 18.6 Å². The minimum absolute atomic E-state index is 0.0696. The van der Waals surface area contributed by atoms with Gasteiger partial charge in [0.25, 0.3) is 5.91 Å². The second-order valence-corrected chi connectivity index (χ2v) is 8.61. The lowest BCUT2D eigenvalue weighted by Gasteiger charge is -2.25. The molecule has 8 heteroatoms. The Bertz CT molecular complexity index is 1240. The molecule has 174 valence electrons. The number of halogens is 1. The Hall–Kier alpha value is -2.84. The maximum absolute atomic E-state index is 13.6. The van der Waals surface area contributed by atoms with E-state index in [0.29, 0.717) is 54.4 Å². The number of ether oxygens (including phenoxy) is 3. The number of hydrogen-bond donors (Lipinski definition) is 0. The summed E-state index contributed by atoms with van der Waals surface area (Å²) < 4.78 is 23.6. The van der Waals surface area contributed by atoms with E-state index in [1.54, 1.807) is 30.2 Å². The molecule has 1 unspecified atom stereocenters. The molecule has 0 saturated carbocycles. The third kappa shape index (κ3) is 4.37. The largest absolute Gasteiger partial charge is 0.490 e. The van der Waals surface area contributed by atoms with Gasteiger partial charge >= 0.3 is 0 Å². The molecule has 1 aliphatic heterocycles. The molecule has 1 atom stereocenters. The van der Waals surface area contributed by atoms with Crippen molar-refractivity contribution >= 4 is 32.8 Å². The molecule has 0 spiro atoms. The zero-order valence-corrected chi connectivity index (χ0v) is 20.4. The normalized spacial score (nSPS) is 15.2. The molecule has 0 fully saturated rings. The van der Waals surface area contributed by atoms with Crippen LogP contribution in [-0.4, -0.2) is 44.3 Å². The Balaban J connectivity index is 1.90. The van der Waals surface area contributed by atoms with Gasteiger partial charge in [-0.3, -0.25) is 9.59 Å². The minimum Gasteiger partial charge on any atom is -0.490 e. The van der Waals surface area contributed by atoms with Crippen molar-refractivity contribution in [1.29, 1.82) is 0 Å². The van der Waals surface area contributed by atoms with Crippen LogP contribution in [0.1, 0.15) is 48.0 Å². The van der Waals surface area contributed by atoms with Gasteiger partial charge in [-0.1, -0.05) is 28.9 Å². The standard InChI is InChI=1S/C25H26BrNO6/c1-4-11-32-19-8-6-15(13-20(19)31-5-2)22-21-23(28)17-14-16(26)7-9-18(17)33-24(21)25(29)27(22)10-12-30-3/h6-9,13-14,22H,4-5,10-12H2,1-3H3. The van der Waals surface area contributed by atoms with Gasteiger partial charge in [0.2, 0.25) is 5.76 Å². The van der Waals surface area contributed by atoms with Crippen LogP contribution < -0.4 is 14.9 Å². The first-order valence-electron chi connectivity index (χ1n) is 11.0. The number of carbonyl (C=O) groups is 1. The van der Waals surface area contributed by atoms with Crippen molar-refractivity contribution in [3.8, 4) is 11.5 Å². The van der Waals surface area contributed by atoms with Crippen LogP contribution in [0.5, 0.6) is 11.5 Å². The van der Waals surface area contributed by atoms with Gasteiger partial charge in [0.1, 0.15) is 5.58 Å². The van der Waals surface area contributed by atoms with Crippen molar-refractivity contribution in [2.45, 2.75) is 26.3 Å². The van der Waals surface area contributed by atoms with Crippen molar-refractivity contribution in [3.63, 3.8) is 0 Å². The number of methoxy groups -OCH3 is 1. The van der Waals surface area contributed by atoms with Crippen molar-refractivity contribution in [2.75, 3.05) is 33.5 Å². The van der Waals surface area contributed by atoms with Crippen LogP contribution in [0.4, 0.5) is 0 Å². The van der Waals surface area contributed by atoms with E-state index in [1.807, 2.05) is 32.0 Å². The van der Waals surface area contributed by atoms with Crippen molar-refractivity contribution in [1.82, 2.24) is 4.90 Å². The Labute approximate surface area is 200 Å². The maximum Gasteiger partial charge on any atom is 0.290 e. The molecule has 2 aromatic carbocycles. The summed E-state index contributed by atoms with van der Waals surface area (Å²) in [5, 5.41) is 0.419. The molecule has 4 rings (SSSR count). The molecule has 7 nitrogen and oxygen atoms in total. The van der Waals surface area contributed by atoms with Crippen LogP contribution in [0.3, 0.4) is 0 Å². The van der Waals surface area contributed by atoms with Crippen LogP contribution in [0.15, 0.2) is 50.1 Å². The zero-order valence-electron chi connectivity index (χ0n) is 18.9. The first-order chi connectivity index (χ1) is 16.0. The van der Waals surface area contributed by atoms with E-state index < -0.39 is 6.04 Å². The Morgan fingerprint density at radius 3 is 2.58 bits per heavy atom. The predicted octanol–water partition coefficient (Wildman–Crippen LogP) is 4.93. The van der Waals surface area contributed by atoms with E-state index in [0.717, 1.165) is 16.5 Å². The topological polar surface area (TPSA) is 78.2 Å². The quantitative estimate of drug-likeness (QED) is 0.401. The summed E-state index contributed by atoms with van der Waals surface area (Å²) in [6.45, 7) is 5.59. The van der Waals surface area contributed by atoms with Gasteiger partial charge in [-0.15, -0.1) is 0 Å². The summed E-state index contributed by atoms with van der Waals surface area (Å²) in [5.74, 6) is 0.937. The molecule has 0 N–H and O–H groups in total. The fourth-order valence-corrected chi connectivity index (χ4v) is 4.41. The molecule has 1 aliphatic rings. The average Bonchev–Trinajstić information content (AvgIpc) is 3.09. The average molecular weight is 516 g/mol. The molecule has 2 heterocycles. The summed E-state index contributed by atoms with van der Waals surface area (Å²) in [5.41, 5.74) is 1.22. The smallest absolute Gasteiger partial charge is 0.290 e. The van der Waals surface area contributed by atoms with E-state index in [1.165, 1.54) is 0 Å². The molecular weight excluding hydrogens is 490 g/mol. The fraction of sp³-hybridized carbons (Fsp3) is 0.360. The third-order valence-corrected chi connectivity index (χ3v) is 6.00. The maximum atomic E-state index is 13.6. The minimum atomic E-state index is -0.623. The van der Waals surface area contributed by atoms with E-state index >= 15 is 0 Å². The Kier molecular flexibility index (Phi) is 7.05. The number of nitrogens with zero attached hydrogens (tertiary/aromatic N) is 1. The lowest BCUT2D eigenvalue weighted by atomic mass is 9.98.